The summed E-state index contributed by atoms with van der Waals surface area (Å²) in [6.45, 7) is 0. The molecule has 2 heterocycles. The van der Waals surface area contributed by atoms with E-state index in [9.17, 15) is 0 Å². The monoisotopic (exact) mass is 755 g/mol. The first kappa shape index (κ1) is 33.0. The van der Waals surface area contributed by atoms with Crippen LogP contribution in [0.2, 0.25) is 0 Å². The molecule has 9 aromatic carbocycles. The molecule has 58 heavy (non-hydrogen) atoms. The van der Waals surface area contributed by atoms with Crippen LogP contribution in [0.25, 0.3) is 78.0 Å². The van der Waals surface area contributed by atoms with Crippen molar-refractivity contribution in [3.63, 3.8) is 0 Å². The van der Waals surface area contributed by atoms with Crippen molar-refractivity contribution in [2.45, 2.75) is 15.2 Å². The van der Waals surface area contributed by atoms with Crippen LogP contribution in [0.15, 0.2) is 210 Å². The van der Waals surface area contributed by atoms with Gasteiger partial charge in [0, 0.05) is 26.5 Å². The van der Waals surface area contributed by atoms with Gasteiger partial charge in [-0.1, -0.05) is 206 Å². The van der Waals surface area contributed by atoms with E-state index in [2.05, 4.69) is 140 Å². The zero-order chi connectivity index (χ0) is 38.2. The lowest BCUT2D eigenvalue weighted by Gasteiger charge is -2.40. The van der Waals surface area contributed by atoms with Crippen LogP contribution in [0.1, 0.15) is 22.3 Å². The van der Waals surface area contributed by atoms with Crippen LogP contribution in [0, 0.1) is 0 Å². The van der Waals surface area contributed by atoms with Crippen molar-refractivity contribution in [2.75, 3.05) is 0 Å². The summed E-state index contributed by atoms with van der Waals surface area (Å²) in [4.78, 5) is 17.5. The molecule has 0 N–H and O–H groups in total. The molecule has 0 bridgehead atoms. The number of nitrogens with zero attached hydrogens (tertiary/aromatic N) is 3. The molecule has 0 atom stereocenters. The third kappa shape index (κ3) is 4.92. The molecule has 10 aromatic rings. The lowest BCUT2D eigenvalue weighted by molar-refractivity contribution is 0.729. The highest BCUT2D eigenvalue weighted by Gasteiger charge is 2.50. The summed E-state index contributed by atoms with van der Waals surface area (Å²) in [7, 11) is 0. The highest BCUT2D eigenvalue weighted by molar-refractivity contribution is 8.00. The van der Waals surface area contributed by atoms with Gasteiger partial charge in [-0.2, -0.15) is 0 Å². The molecule has 1 aromatic heterocycles. The molecule has 0 radical (unpaired) electrons. The van der Waals surface area contributed by atoms with Gasteiger partial charge < -0.3 is 0 Å². The Morgan fingerprint density at radius 3 is 1.33 bits per heavy atom. The van der Waals surface area contributed by atoms with E-state index in [4.69, 9.17) is 15.0 Å². The van der Waals surface area contributed by atoms with Crippen molar-refractivity contribution < 1.29 is 0 Å². The van der Waals surface area contributed by atoms with Gasteiger partial charge in [-0.25, -0.2) is 15.0 Å². The van der Waals surface area contributed by atoms with Gasteiger partial charge in [0.2, 0.25) is 0 Å². The Bertz CT molecular complexity index is 3110. The topological polar surface area (TPSA) is 38.7 Å². The summed E-state index contributed by atoms with van der Waals surface area (Å²) in [5, 5.41) is 5.14. The van der Waals surface area contributed by atoms with Gasteiger partial charge in [0.25, 0.3) is 0 Å². The minimum atomic E-state index is -0.468. The molecule has 1 aliphatic carbocycles. The highest BCUT2D eigenvalue weighted by Crippen LogP contribution is 2.64. The van der Waals surface area contributed by atoms with Crippen LogP contribution in [0.5, 0.6) is 0 Å². The standard InChI is InChI=1S/C54H33N3S/c1-3-15-37(16-4-1)51-55-52(38-17-5-2-6-18-38)57-53(56-51)39-25-23-34(24-26-39)40-29-30-46-44(33-40)43-21-11-12-22-45(43)54(46)47-31-27-35-13-7-9-19-41(35)49(47)58-50-42-20-10-8-14-36(42)28-32-48(50)54/h1-33H. The largest absolute Gasteiger partial charge is 0.208 e. The Kier molecular flexibility index (Phi) is 7.38. The normalized spacial score (nSPS) is 13.2. The van der Waals surface area contributed by atoms with Crippen molar-refractivity contribution in [3.8, 4) is 56.4 Å². The van der Waals surface area contributed by atoms with Gasteiger partial charge in [0.05, 0.1) is 5.41 Å². The molecule has 4 heteroatoms. The van der Waals surface area contributed by atoms with Crippen molar-refractivity contribution in [1.82, 2.24) is 15.0 Å². The summed E-state index contributed by atoms with van der Waals surface area (Å²) in [6, 6.07) is 72.2. The van der Waals surface area contributed by atoms with E-state index in [0.29, 0.717) is 17.5 Å². The molecule has 3 nitrogen and oxygen atoms in total. The van der Waals surface area contributed by atoms with Crippen LogP contribution in [-0.2, 0) is 5.41 Å². The average molecular weight is 756 g/mol. The van der Waals surface area contributed by atoms with Crippen LogP contribution >= 0.6 is 11.8 Å². The number of hydrogen-bond donors (Lipinski definition) is 0. The second kappa shape index (κ2) is 13.0. The quantitative estimate of drug-likeness (QED) is 0.179. The van der Waals surface area contributed by atoms with Gasteiger partial charge in [-0.15, -0.1) is 0 Å². The van der Waals surface area contributed by atoms with Crippen molar-refractivity contribution in [1.29, 1.82) is 0 Å². The van der Waals surface area contributed by atoms with E-state index >= 15 is 0 Å². The maximum Gasteiger partial charge on any atom is 0.164 e. The van der Waals surface area contributed by atoms with Crippen LogP contribution < -0.4 is 0 Å². The molecule has 2 aliphatic rings. The van der Waals surface area contributed by atoms with E-state index < -0.39 is 5.41 Å². The van der Waals surface area contributed by atoms with Crippen LogP contribution in [0.4, 0.5) is 0 Å². The number of hydrogen-bond acceptors (Lipinski definition) is 4. The number of aromatic nitrogens is 3. The molecule has 12 rings (SSSR count). The van der Waals surface area contributed by atoms with Gasteiger partial charge in [-0.3, -0.25) is 0 Å². The van der Waals surface area contributed by atoms with Crippen molar-refractivity contribution in [3.05, 3.63) is 222 Å². The second-order valence-electron chi connectivity index (χ2n) is 15.1. The third-order valence-electron chi connectivity index (χ3n) is 12.0. The first-order valence-corrected chi connectivity index (χ1v) is 20.5. The Balaban J connectivity index is 1.02. The van der Waals surface area contributed by atoms with Crippen molar-refractivity contribution >= 4 is 33.3 Å². The fraction of sp³-hybridized carbons (Fsp3) is 0.0185. The summed E-state index contributed by atoms with van der Waals surface area (Å²) in [5.41, 5.74) is 12.6. The fourth-order valence-electron chi connectivity index (χ4n) is 9.34. The first-order valence-electron chi connectivity index (χ1n) is 19.7. The zero-order valence-corrected chi connectivity index (χ0v) is 32.1. The lowest BCUT2D eigenvalue weighted by atomic mass is 9.66. The van der Waals surface area contributed by atoms with Gasteiger partial charge in [0.15, 0.2) is 17.5 Å². The maximum atomic E-state index is 4.97. The van der Waals surface area contributed by atoms with E-state index in [-0.39, 0.29) is 0 Å². The SMILES string of the molecule is c1ccc(-c2nc(-c3ccccc3)nc(-c3ccc(-c4ccc5c(c4)-c4ccccc4C54c5ccc6ccccc6c5Sc5c4ccc4ccccc54)cc3)n2)cc1. The third-order valence-corrected chi connectivity index (χ3v) is 13.3. The molecule has 270 valence electrons. The summed E-state index contributed by atoms with van der Waals surface area (Å²) >= 11 is 1.94. The summed E-state index contributed by atoms with van der Waals surface area (Å²) in [6.07, 6.45) is 0. The molecule has 0 amide bonds. The Labute approximate surface area is 340 Å². The predicted octanol–water partition coefficient (Wildman–Crippen LogP) is 13.7. The Hall–Kier alpha value is -7.14. The van der Waals surface area contributed by atoms with E-state index in [1.807, 2.05) is 72.4 Å². The minimum absolute atomic E-state index is 0.468. The molecule has 1 spiro atoms. The van der Waals surface area contributed by atoms with Crippen LogP contribution in [-0.4, -0.2) is 15.0 Å². The molecule has 1 aliphatic heterocycles. The first-order chi connectivity index (χ1) is 28.7. The van der Waals surface area contributed by atoms with Gasteiger partial charge >= 0.3 is 0 Å². The zero-order valence-electron chi connectivity index (χ0n) is 31.3. The van der Waals surface area contributed by atoms with Crippen LogP contribution in [0.3, 0.4) is 0 Å². The molecule has 0 unspecified atom stereocenters. The van der Waals surface area contributed by atoms with E-state index in [1.165, 1.54) is 70.3 Å². The Morgan fingerprint density at radius 2 is 0.741 bits per heavy atom. The highest BCUT2D eigenvalue weighted by atomic mass is 32.2. The number of benzene rings is 9. The minimum Gasteiger partial charge on any atom is -0.208 e. The number of rotatable bonds is 4. The maximum absolute atomic E-state index is 4.97. The molecule has 0 saturated heterocycles. The fourth-order valence-corrected chi connectivity index (χ4v) is 10.8. The average Bonchev–Trinajstić information content (AvgIpc) is 3.59. The smallest absolute Gasteiger partial charge is 0.164 e. The summed E-state index contributed by atoms with van der Waals surface area (Å²) < 4.78 is 0. The molecular weight excluding hydrogens is 723 g/mol. The molecule has 0 saturated carbocycles. The molecule has 0 fully saturated rings. The second-order valence-corrected chi connectivity index (χ2v) is 16.1. The summed E-state index contributed by atoms with van der Waals surface area (Å²) in [5.74, 6) is 1.96. The lowest BCUT2D eigenvalue weighted by Crippen LogP contribution is -2.32. The Morgan fingerprint density at radius 1 is 0.310 bits per heavy atom. The van der Waals surface area contributed by atoms with E-state index in [0.717, 1.165) is 22.3 Å². The van der Waals surface area contributed by atoms with Gasteiger partial charge in [-0.05, 0) is 72.1 Å². The van der Waals surface area contributed by atoms with Crippen molar-refractivity contribution in [2.24, 2.45) is 0 Å². The molecular formula is C54H33N3S. The number of fused-ring (bicyclic) bond motifs is 13. The predicted molar refractivity (Wildman–Crippen MR) is 238 cm³/mol. The van der Waals surface area contributed by atoms with E-state index in [1.54, 1.807) is 0 Å². The van der Waals surface area contributed by atoms with Gasteiger partial charge in [0.1, 0.15) is 0 Å².